The third-order valence-electron chi connectivity index (χ3n) is 9.04. The van der Waals surface area contributed by atoms with Crippen LogP contribution < -0.4 is 24.8 Å². The Balaban J connectivity index is 0.000000546. The van der Waals surface area contributed by atoms with Crippen LogP contribution in [-0.2, 0) is 38.1 Å². The topological polar surface area (TPSA) is 0 Å². The molecule has 218 valence electrons. The molecule has 39 heavy (non-hydrogen) atoms. The van der Waals surface area contributed by atoms with Crippen LogP contribution >= 0.6 is 17.0 Å². The van der Waals surface area contributed by atoms with Crippen molar-refractivity contribution in [3.8, 4) is 0 Å². The zero-order valence-electron chi connectivity index (χ0n) is 26.5. The Morgan fingerprint density at radius 1 is 0.692 bits per heavy atom. The van der Waals surface area contributed by atoms with Crippen LogP contribution in [0.25, 0.3) is 0 Å². The minimum atomic E-state index is -4.39. The Kier molecular flexibility index (Phi) is 12.0. The fraction of sp³-hybridized carbons (Fsp3) is 0.515. The molecular weight excluding hydrogens is 721 g/mol. The first-order valence-corrected chi connectivity index (χ1v) is 32.3. The summed E-state index contributed by atoms with van der Waals surface area (Å²) in [5.41, 5.74) is 14.0. The normalized spacial score (nSPS) is 22.8. The van der Waals surface area contributed by atoms with Crippen LogP contribution in [0.2, 0.25) is 18.5 Å². The minimum Gasteiger partial charge on any atom is -1.00 e. The molecule has 0 bridgehead atoms. The second-order valence-corrected chi connectivity index (χ2v) is 70.1. The predicted octanol–water partition coefficient (Wildman–Crippen LogP) is 6.60. The fourth-order valence-electron chi connectivity index (χ4n) is 5.22. The summed E-state index contributed by atoms with van der Waals surface area (Å²) < 4.78 is 11.0. The van der Waals surface area contributed by atoms with Gasteiger partial charge in [-0.1, -0.05) is 23.3 Å². The van der Waals surface area contributed by atoms with E-state index >= 15 is 0 Å². The van der Waals surface area contributed by atoms with Crippen molar-refractivity contribution in [1.29, 1.82) is 0 Å². The molecule has 0 nitrogen and oxygen atoms in total. The predicted molar refractivity (Wildman–Crippen MR) is 164 cm³/mol. The monoisotopic (exact) mass is 766 g/mol. The molecule has 0 aromatic carbocycles. The summed E-state index contributed by atoms with van der Waals surface area (Å²) in [7, 11) is 13.5. The molecule has 6 heteroatoms. The summed E-state index contributed by atoms with van der Waals surface area (Å²) in [6.45, 7) is 20.3. The fourth-order valence-corrected chi connectivity index (χ4v) is 12.7. The first kappa shape index (κ1) is 39.8. The molecule has 0 saturated carbocycles. The van der Waals surface area contributed by atoms with Gasteiger partial charge in [-0.3, -0.25) is 0 Å². The maximum Gasteiger partial charge on any atom is -1.00 e. The number of hydrogen-bond donors (Lipinski definition) is 0. The molecule has 0 saturated heterocycles. The number of allylic oxidation sites excluding steroid dienone is 16. The van der Waals surface area contributed by atoms with E-state index in [0.717, 1.165) is 19.3 Å². The maximum absolute atomic E-state index is 6.75. The van der Waals surface area contributed by atoms with Crippen molar-refractivity contribution in [3.05, 3.63) is 87.1 Å². The molecule has 0 N–H and O–H groups in total. The Morgan fingerprint density at radius 3 is 1.26 bits per heavy atom. The van der Waals surface area contributed by atoms with Crippen molar-refractivity contribution < 1.29 is 63.0 Å². The number of hydrogen-bond acceptors (Lipinski definition) is 0. The quantitative estimate of drug-likeness (QED) is 0.297. The summed E-state index contributed by atoms with van der Waals surface area (Å²) in [4.78, 5) is 0. The second-order valence-electron chi connectivity index (χ2n) is 15.4. The third-order valence-corrected chi connectivity index (χ3v) is 22.8. The van der Waals surface area contributed by atoms with Gasteiger partial charge < -0.3 is 24.8 Å². The summed E-state index contributed by atoms with van der Waals surface area (Å²) in [6.07, 6.45) is 14.1. The molecule has 0 fully saturated rings. The van der Waals surface area contributed by atoms with Crippen LogP contribution in [0, 0.1) is 5.41 Å². The van der Waals surface area contributed by atoms with Crippen molar-refractivity contribution in [2.24, 2.45) is 5.41 Å². The molecule has 4 aliphatic carbocycles. The zero-order valence-corrected chi connectivity index (χ0v) is 34.5. The van der Waals surface area contributed by atoms with Crippen LogP contribution in [0.3, 0.4) is 0 Å². The van der Waals surface area contributed by atoms with Crippen molar-refractivity contribution in [3.63, 3.8) is 0 Å². The zero-order chi connectivity index (χ0) is 28.9. The SMILES string of the molecule is CC1=C(C)C(C)(C)[C]([Zr+2])=C1C.CC1=CCC(C2=C(C)C(C)=CC2)=C1C.[CH3][Zr]([CH3])([CH3])([CH3])([Cl])([Cl])[C]1=CC=CC1.[Cl-].[Cl-]. The smallest absolute Gasteiger partial charge is 1.00 e. The maximum atomic E-state index is 6.75. The largest absolute Gasteiger partial charge is 1.00 e. The van der Waals surface area contributed by atoms with E-state index < -0.39 is 13.4 Å². The van der Waals surface area contributed by atoms with E-state index in [1.807, 2.05) is 24.6 Å². The third kappa shape index (κ3) is 9.67. The van der Waals surface area contributed by atoms with Gasteiger partial charge in [-0.05, 0) is 62.8 Å². The second kappa shape index (κ2) is 11.7. The molecule has 0 heterocycles. The summed E-state index contributed by atoms with van der Waals surface area (Å²) >= 11 is -2.81. The van der Waals surface area contributed by atoms with Crippen LogP contribution in [0.15, 0.2) is 87.1 Å². The van der Waals surface area contributed by atoms with E-state index in [4.69, 9.17) is 17.0 Å². The van der Waals surface area contributed by atoms with Gasteiger partial charge in [0.2, 0.25) is 0 Å². The summed E-state index contributed by atoms with van der Waals surface area (Å²) in [5.74, 6) is 0. The number of halogens is 4. The molecule has 0 spiro atoms. The van der Waals surface area contributed by atoms with Crippen molar-refractivity contribution >= 4 is 17.0 Å². The average molecular weight is 771 g/mol. The van der Waals surface area contributed by atoms with Crippen molar-refractivity contribution in [2.45, 2.75) is 100 Å². The van der Waals surface area contributed by atoms with Gasteiger partial charge in [0.25, 0.3) is 0 Å². The standard InChI is InChI=1S/C14H18.C10H15.C5H5.4CH3.4ClH.2Zr/c1-9-5-7-13(11(9)3)14-8-6-10(2)12(14)4;1-7-6-10(4,5)9(3)8(7)2;1-2-4-5-3-1;;;;;;;;;;/h5-6H,7-8H2,1-4H3;1-5H3;1-3H,4H2;4*1H3;4*1H;;/q;;;;;;;;;;;2*+2/p-4. The van der Waals surface area contributed by atoms with Crippen LogP contribution in [0.5, 0.6) is 0 Å². The summed E-state index contributed by atoms with van der Waals surface area (Å²) in [5, 5.41) is 0. The number of rotatable bonds is 2. The molecule has 0 amide bonds. The average Bonchev–Trinajstić information content (AvgIpc) is 3.51. The van der Waals surface area contributed by atoms with E-state index in [2.05, 4.69) is 86.6 Å². The van der Waals surface area contributed by atoms with Gasteiger partial charge in [0, 0.05) is 0 Å². The first-order valence-electron chi connectivity index (χ1n) is 13.7. The molecular formula is C33H50Cl4Zr2. The van der Waals surface area contributed by atoms with Gasteiger partial charge in [0.1, 0.15) is 0 Å². The molecule has 0 radical (unpaired) electrons. The molecule has 0 unspecified atom stereocenters. The molecule has 0 aromatic heterocycles. The minimum absolute atomic E-state index is 0. The Bertz CT molecular complexity index is 1210. The van der Waals surface area contributed by atoms with Gasteiger partial charge in [0.05, 0.1) is 0 Å². The van der Waals surface area contributed by atoms with Crippen molar-refractivity contribution in [2.75, 3.05) is 0 Å². The van der Waals surface area contributed by atoms with Gasteiger partial charge in [0.15, 0.2) is 0 Å². The van der Waals surface area contributed by atoms with E-state index in [1.54, 1.807) is 44.7 Å². The van der Waals surface area contributed by atoms with Crippen molar-refractivity contribution in [1.82, 2.24) is 0 Å². The molecule has 0 atom stereocenters. The summed E-state index contributed by atoms with van der Waals surface area (Å²) in [6, 6.07) is 0. The molecule has 0 aliphatic heterocycles. The van der Waals surface area contributed by atoms with Gasteiger partial charge in [-0.25, -0.2) is 0 Å². The van der Waals surface area contributed by atoms with Gasteiger partial charge >= 0.3 is 162 Å². The van der Waals surface area contributed by atoms with Crippen LogP contribution in [-0.4, -0.2) is 0 Å². The Hall–Kier alpha value is 0.846. The Morgan fingerprint density at radius 2 is 1.10 bits per heavy atom. The van der Waals surface area contributed by atoms with Gasteiger partial charge in [-0.2, -0.15) is 0 Å². The first-order chi connectivity index (χ1) is 16.3. The van der Waals surface area contributed by atoms with E-state index in [-0.39, 0.29) is 24.8 Å². The van der Waals surface area contributed by atoms with Crippen LogP contribution in [0.4, 0.5) is 0 Å². The van der Waals surface area contributed by atoms with E-state index in [0.29, 0.717) is 5.41 Å². The Labute approximate surface area is 269 Å². The van der Waals surface area contributed by atoms with E-state index in [1.165, 1.54) is 36.7 Å². The van der Waals surface area contributed by atoms with Crippen LogP contribution in [0.1, 0.15) is 81.6 Å². The van der Waals surface area contributed by atoms with E-state index in [9.17, 15) is 0 Å². The molecule has 4 rings (SSSR count). The molecule has 4 aliphatic rings. The molecule has 0 aromatic rings. The van der Waals surface area contributed by atoms with Gasteiger partial charge in [-0.15, -0.1) is 0 Å².